The summed E-state index contributed by atoms with van der Waals surface area (Å²) < 4.78 is 0. The van der Waals surface area contributed by atoms with Gasteiger partial charge in [0.2, 0.25) is 0 Å². The highest BCUT2D eigenvalue weighted by Gasteiger charge is 2.21. The summed E-state index contributed by atoms with van der Waals surface area (Å²) in [6.45, 7) is 2.11. The maximum absolute atomic E-state index is 9.78. The van der Waals surface area contributed by atoms with E-state index in [2.05, 4.69) is 4.98 Å². The largest absolute Gasteiger partial charge is 0.397 e. The van der Waals surface area contributed by atoms with Crippen LogP contribution in [0.5, 0.6) is 0 Å². The smallest absolute Gasteiger partial charge is 0.124 e. The first-order valence-corrected chi connectivity index (χ1v) is 4.85. The molecule has 1 aromatic heterocycles. The summed E-state index contributed by atoms with van der Waals surface area (Å²) in [5.41, 5.74) is 12.4. The van der Waals surface area contributed by atoms with Gasteiger partial charge in [-0.2, -0.15) is 0 Å². The van der Waals surface area contributed by atoms with E-state index in [4.69, 9.17) is 11.5 Å². The summed E-state index contributed by atoms with van der Waals surface area (Å²) in [6, 6.07) is 3.41. The molecule has 2 unspecified atom stereocenters. The van der Waals surface area contributed by atoms with Crippen LogP contribution in [-0.2, 0) is 0 Å². The molecule has 0 saturated carbocycles. The van der Waals surface area contributed by atoms with Gasteiger partial charge in [-0.1, -0.05) is 0 Å². The van der Waals surface area contributed by atoms with E-state index >= 15 is 0 Å². The van der Waals surface area contributed by atoms with Crippen LogP contribution in [0.4, 0.5) is 5.69 Å². The zero-order valence-electron chi connectivity index (χ0n) is 8.72. The van der Waals surface area contributed by atoms with Gasteiger partial charge in [-0.3, -0.25) is 4.98 Å². The molecule has 1 aromatic rings. The minimum absolute atomic E-state index is 0.309. The van der Waals surface area contributed by atoms with Crippen LogP contribution in [0.25, 0.3) is 0 Å². The first-order valence-electron chi connectivity index (χ1n) is 4.85. The van der Waals surface area contributed by atoms with Crippen LogP contribution in [-0.4, -0.2) is 27.8 Å². The molecule has 0 fully saturated rings. The highest BCUT2D eigenvalue weighted by Crippen LogP contribution is 2.22. The Balaban J connectivity index is 2.89. The van der Waals surface area contributed by atoms with Gasteiger partial charge in [0.25, 0.3) is 0 Å². The van der Waals surface area contributed by atoms with Gasteiger partial charge in [-0.15, -0.1) is 0 Å². The van der Waals surface area contributed by atoms with Crippen molar-refractivity contribution in [1.29, 1.82) is 0 Å². The minimum atomic E-state index is -1.08. The molecule has 0 radical (unpaired) electrons. The van der Waals surface area contributed by atoms with Gasteiger partial charge >= 0.3 is 0 Å². The Morgan fingerprint density at radius 3 is 2.67 bits per heavy atom. The van der Waals surface area contributed by atoms with E-state index in [0.29, 0.717) is 24.3 Å². The first-order chi connectivity index (χ1) is 7.06. The SMILES string of the molecule is Cc1ccc(N)c(C(O)C(O)CCN)n1. The van der Waals surface area contributed by atoms with Gasteiger partial charge in [0.15, 0.2) is 0 Å². The van der Waals surface area contributed by atoms with Crippen LogP contribution in [0.2, 0.25) is 0 Å². The summed E-state index contributed by atoms with van der Waals surface area (Å²) >= 11 is 0. The summed E-state index contributed by atoms with van der Waals surface area (Å²) in [5, 5.41) is 19.3. The normalized spacial score (nSPS) is 14.9. The van der Waals surface area contributed by atoms with E-state index in [9.17, 15) is 10.2 Å². The molecular weight excluding hydrogens is 194 g/mol. The Kier molecular flexibility index (Phi) is 4.02. The number of pyridine rings is 1. The van der Waals surface area contributed by atoms with Crippen molar-refractivity contribution in [1.82, 2.24) is 4.98 Å². The predicted octanol–water partition coefficient (Wildman–Crippen LogP) is -0.285. The Hall–Kier alpha value is -1.17. The highest BCUT2D eigenvalue weighted by atomic mass is 16.3. The third-order valence-electron chi connectivity index (χ3n) is 2.20. The number of anilines is 1. The van der Waals surface area contributed by atoms with Crippen molar-refractivity contribution >= 4 is 5.69 Å². The van der Waals surface area contributed by atoms with Crippen LogP contribution in [0.15, 0.2) is 12.1 Å². The van der Waals surface area contributed by atoms with Gasteiger partial charge in [0.1, 0.15) is 6.10 Å². The second kappa shape index (κ2) is 5.06. The first kappa shape index (κ1) is 11.9. The third-order valence-corrected chi connectivity index (χ3v) is 2.20. The molecule has 15 heavy (non-hydrogen) atoms. The monoisotopic (exact) mass is 211 g/mol. The molecule has 6 N–H and O–H groups in total. The highest BCUT2D eigenvalue weighted by molar-refractivity contribution is 5.44. The second-order valence-corrected chi connectivity index (χ2v) is 3.52. The molecule has 0 amide bonds. The maximum Gasteiger partial charge on any atom is 0.124 e. The molecule has 1 rings (SSSR count). The summed E-state index contributed by atoms with van der Waals surface area (Å²) in [6.07, 6.45) is -1.68. The fourth-order valence-electron chi connectivity index (χ4n) is 1.34. The Bertz CT molecular complexity index is 330. The molecule has 0 aliphatic carbocycles. The lowest BCUT2D eigenvalue weighted by molar-refractivity contribution is 0.0129. The lowest BCUT2D eigenvalue weighted by Crippen LogP contribution is -2.23. The van der Waals surface area contributed by atoms with Gasteiger partial charge in [-0.05, 0) is 32.0 Å². The number of nitrogens with two attached hydrogens (primary N) is 2. The molecule has 0 saturated heterocycles. The van der Waals surface area contributed by atoms with E-state index in [1.54, 1.807) is 19.1 Å². The number of hydrogen-bond acceptors (Lipinski definition) is 5. The predicted molar refractivity (Wildman–Crippen MR) is 58.0 cm³/mol. The van der Waals surface area contributed by atoms with Gasteiger partial charge < -0.3 is 21.7 Å². The van der Waals surface area contributed by atoms with E-state index in [1.165, 1.54) is 0 Å². The Morgan fingerprint density at radius 2 is 2.07 bits per heavy atom. The number of aliphatic hydroxyl groups is 2. The van der Waals surface area contributed by atoms with E-state index in [0.717, 1.165) is 5.69 Å². The lowest BCUT2D eigenvalue weighted by Gasteiger charge is -2.18. The fourth-order valence-corrected chi connectivity index (χ4v) is 1.34. The van der Waals surface area contributed by atoms with Crippen molar-refractivity contribution < 1.29 is 10.2 Å². The number of aryl methyl sites for hydroxylation is 1. The number of nitrogen functional groups attached to an aromatic ring is 1. The lowest BCUT2D eigenvalue weighted by atomic mass is 10.1. The van der Waals surface area contributed by atoms with Crippen LogP contribution in [0.3, 0.4) is 0 Å². The molecule has 0 spiro atoms. The van der Waals surface area contributed by atoms with Gasteiger partial charge in [0.05, 0.1) is 17.5 Å². The van der Waals surface area contributed by atoms with Crippen molar-refractivity contribution in [2.75, 3.05) is 12.3 Å². The van der Waals surface area contributed by atoms with E-state index in [-0.39, 0.29) is 0 Å². The number of rotatable bonds is 4. The molecule has 5 heteroatoms. The summed E-state index contributed by atoms with van der Waals surface area (Å²) in [4.78, 5) is 4.10. The molecule has 0 aromatic carbocycles. The number of aliphatic hydroxyl groups excluding tert-OH is 2. The van der Waals surface area contributed by atoms with Crippen molar-refractivity contribution in [3.8, 4) is 0 Å². The topological polar surface area (TPSA) is 105 Å². The summed E-state index contributed by atoms with van der Waals surface area (Å²) in [5.74, 6) is 0. The molecule has 1 heterocycles. The third kappa shape index (κ3) is 2.89. The number of hydrogen-bond donors (Lipinski definition) is 4. The minimum Gasteiger partial charge on any atom is -0.397 e. The van der Waals surface area contributed by atoms with Crippen molar-refractivity contribution in [3.05, 3.63) is 23.5 Å². The van der Waals surface area contributed by atoms with Crippen LogP contribution >= 0.6 is 0 Å². The average Bonchev–Trinajstić information content (AvgIpc) is 2.21. The molecule has 2 atom stereocenters. The van der Waals surface area contributed by atoms with Crippen molar-refractivity contribution in [2.24, 2.45) is 5.73 Å². The van der Waals surface area contributed by atoms with E-state index in [1.807, 2.05) is 0 Å². The van der Waals surface area contributed by atoms with Crippen LogP contribution in [0, 0.1) is 6.92 Å². The van der Waals surface area contributed by atoms with E-state index < -0.39 is 12.2 Å². The molecule has 0 bridgehead atoms. The Morgan fingerprint density at radius 1 is 1.40 bits per heavy atom. The zero-order chi connectivity index (χ0) is 11.4. The number of aromatic nitrogens is 1. The molecular formula is C10H17N3O2. The number of nitrogens with zero attached hydrogens (tertiary/aromatic N) is 1. The molecule has 84 valence electrons. The van der Waals surface area contributed by atoms with Crippen LogP contribution < -0.4 is 11.5 Å². The fraction of sp³-hybridized carbons (Fsp3) is 0.500. The van der Waals surface area contributed by atoms with Crippen LogP contribution in [0.1, 0.15) is 23.9 Å². The van der Waals surface area contributed by atoms with Gasteiger partial charge in [0, 0.05) is 5.69 Å². The zero-order valence-corrected chi connectivity index (χ0v) is 8.72. The molecule has 5 nitrogen and oxygen atoms in total. The van der Waals surface area contributed by atoms with Crippen molar-refractivity contribution in [2.45, 2.75) is 25.6 Å². The Labute approximate surface area is 88.7 Å². The molecule has 0 aliphatic heterocycles. The maximum atomic E-state index is 9.78. The quantitative estimate of drug-likeness (QED) is 0.548. The van der Waals surface area contributed by atoms with Crippen molar-refractivity contribution in [3.63, 3.8) is 0 Å². The van der Waals surface area contributed by atoms with Gasteiger partial charge in [-0.25, -0.2) is 0 Å². The average molecular weight is 211 g/mol. The molecule has 0 aliphatic rings. The standard InChI is InChI=1S/C10H17N3O2/c1-6-2-3-7(12)9(13-6)10(15)8(14)4-5-11/h2-3,8,10,14-15H,4-5,11-12H2,1H3. The second-order valence-electron chi connectivity index (χ2n) is 3.52. The summed E-state index contributed by atoms with van der Waals surface area (Å²) in [7, 11) is 0.